The minimum atomic E-state index is -0.348. The number of para-hydroxylation sites is 1. The lowest BCUT2D eigenvalue weighted by atomic mass is 10.2. The maximum atomic E-state index is 11.9. The van der Waals surface area contributed by atoms with Gasteiger partial charge in [0.1, 0.15) is 0 Å². The monoisotopic (exact) mass is 299 g/mol. The molecular weight excluding hydrogens is 282 g/mol. The third kappa shape index (κ3) is 4.07. The molecule has 2 aromatic carbocycles. The molecule has 0 aromatic heterocycles. The quantitative estimate of drug-likeness (QED) is 0.853. The van der Waals surface area contributed by atoms with Crippen molar-refractivity contribution >= 4 is 23.3 Å². The molecule has 0 radical (unpaired) electrons. The van der Waals surface area contributed by atoms with Gasteiger partial charge >= 0.3 is 6.03 Å². The summed E-state index contributed by atoms with van der Waals surface area (Å²) in [5, 5.41) is 6.53. The first-order valence-corrected chi connectivity index (χ1v) is 6.65. The number of rotatable bonds is 4. The minimum Gasteiger partial charge on any atom is -0.308 e. The Morgan fingerprint density at radius 1 is 0.909 bits per heavy atom. The van der Waals surface area contributed by atoms with Crippen molar-refractivity contribution in [3.8, 4) is 0 Å². The van der Waals surface area contributed by atoms with E-state index in [0.717, 1.165) is 5.06 Å². The Bertz CT molecular complexity index is 641. The second-order valence-corrected chi connectivity index (χ2v) is 4.51. The number of hydrogen-bond donors (Lipinski definition) is 2. The molecule has 114 valence electrons. The lowest BCUT2D eigenvalue weighted by Gasteiger charge is -2.14. The summed E-state index contributed by atoms with van der Waals surface area (Å²) >= 11 is 0. The van der Waals surface area contributed by atoms with Gasteiger partial charge in [-0.25, -0.2) is 9.86 Å². The van der Waals surface area contributed by atoms with Gasteiger partial charge in [0.2, 0.25) is 0 Å². The van der Waals surface area contributed by atoms with Crippen LogP contribution >= 0.6 is 0 Å². The standard InChI is InChI=1S/C16H17N3O3/c1-19(22-2)15(20)12-8-10-14(11-9-12)18-16(21)17-13-6-4-3-5-7-13/h3-11H,1-2H3,(H2,17,18,21). The highest BCUT2D eigenvalue weighted by atomic mass is 16.7. The van der Waals surface area contributed by atoms with E-state index in [4.69, 9.17) is 4.84 Å². The van der Waals surface area contributed by atoms with Gasteiger partial charge in [-0.2, -0.15) is 0 Å². The van der Waals surface area contributed by atoms with E-state index in [1.165, 1.54) is 14.2 Å². The Morgan fingerprint density at radius 3 is 2.00 bits per heavy atom. The van der Waals surface area contributed by atoms with Crippen LogP contribution in [0.5, 0.6) is 0 Å². The fourth-order valence-electron chi connectivity index (χ4n) is 1.78. The third-order valence-electron chi connectivity index (χ3n) is 2.98. The van der Waals surface area contributed by atoms with E-state index in [2.05, 4.69) is 10.6 Å². The minimum absolute atomic E-state index is 0.261. The number of benzene rings is 2. The number of amides is 3. The zero-order valence-electron chi connectivity index (χ0n) is 12.4. The van der Waals surface area contributed by atoms with Gasteiger partial charge in [0.25, 0.3) is 5.91 Å². The first-order chi connectivity index (χ1) is 10.6. The van der Waals surface area contributed by atoms with Gasteiger partial charge in [0, 0.05) is 24.0 Å². The Hall–Kier alpha value is -2.86. The summed E-state index contributed by atoms with van der Waals surface area (Å²) in [6.45, 7) is 0. The van der Waals surface area contributed by atoms with Crippen molar-refractivity contribution in [1.29, 1.82) is 0 Å². The van der Waals surface area contributed by atoms with Crippen LogP contribution in [-0.4, -0.2) is 31.2 Å². The second-order valence-electron chi connectivity index (χ2n) is 4.51. The number of nitrogens with one attached hydrogen (secondary N) is 2. The van der Waals surface area contributed by atoms with E-state index in [1.807, 2.05) is 18.2 Å². The van der Waals surface area contributed by atoms with Gasteiger partial charge in [0.05, 0.1) is 7.11 Å². The fourth-order valence-corrected chi connectivity index (χ4v) is 1.78. The Kier molecular flexibility index (Phi) is 5.11. The first kappa shape index (κ1) is 15.5. The molecule has 0 fully saturated rings. The number of carbonyl (C=O) groups is 2. The lowest BCUT2D eigenvalue weighted by Crippen LogP contribution is -2.25. The molecule has 2 aromatic rings. The molecule has 3 amide bonds. The molecule has 0 spiro atoms. The molecule has 22 heavy (non-hydrogen) atoms. The molecule has 0 saturated heterocycles. The van der Waals surface area contributed by atoms with Crippen molar-refractivity contribution in [3.05, 3.63) is 60.2 Å². The van der Waals surface area contributed by atoms with Crippen LogP contribution in [0, 0.1) is 0 Å². The number of hydrogen-bond acceptors (Lipinski definition) is 3. The Morgan fingerprint density at radius 2 is 1.45 bits per heavy atom. The van der Waals surface area contributed by atoms with Crippen molar-refractivity contribution in [2.24, 2.45) is 0 Å². The lowest BCUT2D eigenvalue weighted by molar-refractivity contribution is -0.0756. The van der Waals surface area contributed by atoms with Crippen molar-refractivity contribution in [2.45, 2.75) is 0 Å². The van der Waals surface area contributed by atoms with Crippen LogP contribution in [0.4, 0.5) is 16.2 Å². The van der Waals surface area contributed by atoms with Crippen LogP contribution in [-0.2, 0) is 4.84 Å². The summed E-state index contributed by atoms with van der Waals surface area (Å²) in [4.78, 5) is 28.5. The maximum absolute atomic E-state index is 11.9. The highest BCUT2D eigenvalue weighted by molar-refractivity contribution is 6.00. The molecule has 0 aliphatic rings. The van der Waals surface area contributed by atoms with Gasteiger partial charge in [-0.05, 0) is 36.4 Å². The van der Waals surface area contributed by atoms with Crippen LogP contribution < -0.4 is 10.6 Å². The molecular formula is C16H17N3O3. The molecule has 0 aliphatic heterocycles. The van der Waals surface area contributed by atoms with E-state index in [0.29, 0.717) is 16.9 Å². The topological polar surface area (TPSA) is 70.7 Å². The van der Waals surface area contributed by atoms with Crippen LogP contribution in [0.25, 0.3) is 0 Å². The molecule has 6 heteroatoms. The number of urea groups is 1. The van der Waals surface area contributed by atoms with Gasteiger partial charge < -0.3 is 10.6 Å². The first-order valence-electron chi connectivity index (χ1n) is 6.65. The van der Waals surface area contributed by atoms with E-state index in [9.17, 15) is 9.59 Å². The molecule has 0 atom stereocenters. The number of nitrogens with zero attached hydrogens (tertiary/aromatic N) is 1. The van der Waals surface area contributed by atoms with Crippen LogP contribution in [0.3, 0.4) is 0 Å². The van der Waals surface area contributed by atoms with Gasteiger partial charge in [-0.1, -0.05) is 18.2 Å². The number of hydroxylamine groups is 2. The van der Waals surface area contributed by atoms with Crippen molar-refractivity contribution < 1.29 is 14.4 Å². The SMILES string of the molecule is CON(C)C(=O)c1ccc(NC(=O)Nc2ccccc2)cc1. The van der Waals surface area contributed by atoms with Crippen molar-refractivity contribution in [2.75, 3.05) is 24.8 Å². The molecule has 0 bridgehead atoms. The van der Waals surface area contributed by atoms with E-state index < -0.39 is 0 Å². The summed E-state index contributed by atoms with van der Waals surface area (Å²) in [5.74, 6) is -0.261. The Labute approximate surface area is 128 Å². The maximum Gasteiger partial charge on any atom is 0.323 e. The summed E-state index contributed by atoms with van der Waals surface area (Å²) < 4.78 is 0. The van der Waals surface area contributed by atoms with Gasteiger partial charge in [-0.3, -0.25) is 9.63 Å². The number of carbonyl (C=O) groups excluding carboxylic acids is 2. The summed E-state index contributed by atoms with van der Waals surface area (Å²) in [7, 11) is 2.95. The predicted molar refractivity (Wildman–Crippen MR) is 84.6 cm³/mol. The predicted octanol–water partition coefficient (Wildman–Crippen LogP) is 2.96. The van der Waals surface area contributed by atoms with E-state index in [-0.39, 0.29) is 11.9 Å². The average molecular weight is 299 g/mol. The zero-order chi connectivity index (χ0) is 15.9. The molecule has 2 rings (SSSR count). The highest BCUT2D eigenvalue weighted by Gasteiger charge is 2.11. The van der Waals surface area contributed by atoms with E-state index >= 15 is 0 Å². The molecule has 0 aliphatic carbocycles. The molecule has 2 N–H and O–H groups in total. The molecule has 6 nitrogen and oxygen atoms in total. The van der Waals surface area contributed by atoms with Crippen LogP contribution in [0.15, 0.2) is 54.6 Å². The summed E-state index contributed by atoms with van der Waals surface area (Å²) in [6.07, 6.45) is 0. The fraction of sp³-hybridized carbons (Fsp3) is 0.125. The third-order valence-corrected chi connectivity index (χ3v) is 2.98. The normalized spacial score (nSPS) is 9.91. The summed E-state index contributed by atoms with van der Waals surface area (Å²) in [6, 6.07) is 15.3. The second kappa shape index (κ2) is 7.24. The van der Waals surface area contributed by atoms with Crippen LogP contribution in [0.2, 0.25) is 0 Å². The van der Waals surface area contributed by atoms with Gasteiger partial charge in [-0.15, -0.1) is 0 Å². The van der Waals surface area contributed by atoms with E-state index in [1.54, 1.807) is 36.4 Å². The van der Waals surface area contributed by atoms with Crippen molar-refractivity contribution in [1.82, 2.24) is 5.06 Å². The molecule has 0 saturated carbocycles. The highest BCUT2D eigenvalue weighted by Crippen LogP contribution is 2.12. The van der Waals surface area contributed by atoms with Gasteiger partial charge in [0.15, 0.2) is 0 Å². The molecule has 0 heterocycles. The number of anilines is 2. The zero-order valence-corrected chi connectivity index (χ0v) is 12.4. The largest absolute Gasteiger partial charge is 0.323 e. The Balaban J connectivity index is 1.96. The van der Waals surface area contributed by atoms with Crippen molar-refractivity contribution in [3.63, 3.8) is 0 Å². The van der Waals surface area contributed by atoms with Crippen LogP contribution in [0.1, 0.15) is 10.4 Å². The molecule has 0 unspecified atom stereocenters. The average Bonchev–Trinajstić information content (AvgIpc) is 2.55. The summed E-state index contributed by atoms with van der Waals surface area (Å²) in [5.41, 5.74) is 1.76. The smallest absolute Gasteiger partial charge is 0.308 e.